The van der Waals surface area contributed by atoms with E-state index in [9.17, 15) is 0 Å². The summed E-state index contributed by atoms with van der Waals surface area (Å²) in [4.78, 5) is 1.24. The van der Waals surface area contributed by atoms with Crippen molar-refractivity contribution in [3.8, 4) is 0 Å². The third-order valence-electron chi connectivity index (χ3n) is 2.72. The molecule has 0 amide bonds. The Kier molecular flexibility index (Phi) is 3.93. The highest BCUT2D eigenvalue weighted by Gasteiger charge is 2.18. The molecule has 0 aliphatic rings. The molecule has 5 heteroatoms. The lowest BCUT2D eigenvalue weighted by molar-refractivity contribution is 0.266. The Morgan fingerprint density at radius 1 is 1.59 bits per heavy atom. The lowest BCUT2D eigenvalue weighted by Gasteiger charge is -2.14. The van der Waals surface area contributed by atoms with Gasteiger partial charge in [0, 0.05) is 23.0 Å². The average Bonchev–Trinajstić information content (AvgIpc) is 2.92. The average molecular weight is 251 g/mol. The zero-order valence-corrected chi connectivity index (χ0v) is 10.7. The van der Waals surface area contributed by atoms with Crippen LogP contribution in [0.5, 0.6) is 0 Å². The Morgan fingerprint density at radius 2 is 2.41 bits per heavy atom. The molecule has 2 rings (SSSR count). The lowest BCUT2D eigenvalue weighted by Crippen LogP contribution is -2.18. The maximum Gasteiger partial charge on any atom is 0.0644 e. The molecule has 1 atom stereocenters. The first-order chi connectivity index (χ1) is 8.26. The van der Waals surface area contributed by atoms with Gasteiger partial charge in [-0.3, -0.25) is 4.68 Å². The number of nitrogens with zero attached hydrogens (tertiary/aromatic N) is 2. The highest BCUT2D eigenvalue weighted by Crippen LogP contribution is 2.27. The summed E-state index contributed by atoms with van der Waals surface area (Å²) in [7, 11) is 0. The van der Waals surface area contributed by atoms with Crippen molar-refractivity contribution in [3.05, 3.63) is 39.8 Å². The molecular weight excluding hydrogens is 234 g/mol. The number of aliphatic hydroxyl groups excluding tert-OH is 1. The molecule has 0 aliphatic carbocycles. The molecule has 2 aromatic rings. The Labute approximate surface area is 105 Å². The number of rotatable bonds is 5. The van der Waals surface area contributed by atoms with E-state index in [0.717, 1.165) is 11.4 Å². The first-order valence-electron chi connectivity index (χ1n) is 5.65. The quantitative estimate of drug-likeness (QED) is 0.842. The number of thiophene rings is 1. The van der Waals surface area contributed by atoms with Gasteiger partial charge in [0.05, 0.1) is 18.8 Å². The van der Waals surface area contributed by atoms with Crippen LogP contribution < -0.4 is 5.73 Å². The fourth-order valence-electron chi connectivity index (χ4n) is 1.99. The number of aryl methyl sites for hydroxylation is 1. The molecular formula is C12H17N3OS. The Bertz CT molecular complexity index is 464. The third kappa shape index (κ3) is 2.57. The first kappa shape index (κ1) is 12.3. The number of hydrogen-bond acceptors (Lipinski definition) is 4. The van der Waals surface area contributed by atoms with Crippen molar-refractivity contribution in [2.75, 3.05) is 13.2 Å². The number of aliphatic hydroxyl groups is 1. The molecule has 3 N–H and O–H groups in total. The van der Waals surface area contributed by atoms with Crippen LogP contribution in [-0.2, 0) is 6.54 Å². The van der Waals surface area contributed by atoms with Gasteiger partial charge in [0.15, 0.2) is 0 Å². The van der Waals surface area contributed by atoms with E-state index >= 15 is 0 Å². The van der Waals surface area contributed by atoms with Crippen LogP contribution in [0, 0.1) is 6.92 Å². The van der Waals surface area contributed by atoms with E-state index in [1.807, 2.05) is 23.7 Å². The smallest absolute Gasteiger partial charge is 0.0644 e. The van der Waals surface area contributed by atoms with Crippen molar-refractivity contribution < 1.29 is 5.11 Å². The van der Waals surface area contributed by atoms with Crippen LogP contribution in [0.3, 0.4) is 0 Å². The standard InChI is InChI=1S/C12H17N3OS/c1-9-7-11(15(14-9)4-5-16)10(8-13)12-3-2-6-17-12/h2-3,6-7,10,16H,4-5,8,13H2,1H3. The molecule has 0 fully saturated rings. The van der Waals surface area contributed by atoms with Crippen LogP contribution in [-0.4, -0.2) is 28.0 Å². The summed E-state index contributed by atoms with van der Waals surface area (Å²) < 4.78 is 1.85. The summed E-state index contributed by atoms with van der Waals surface area (Å²) in [5, 5.41) is 15.5. The van der Waals surface area contributed by atoms with Gasteiger partial charge in [0.2, 0.25) is 0 Å². The molecule has 0 radical (unpaired) electrons. The second kappa shape index (κ2) is 5.44. The number of nitrogens with two attached hydrogens (primary N) is 1. The third-order valence-corrected chi connectivity index (χ3v) is 3.71. The molecule has 92 valence electrons. The van der Waals surface area contributed by atoms with Gasteiger partial charge < -0.3 is 10.8 Å². The zero-order chi connectivity index (χ0) is 12.3. The van der Waals surface area contributed by atoms with Gasteiger partial charge in [-0.15, -0.1) is 11.3 Å². The van der Waals surface area contributed by atoms with E-state index in [4.69, 9.17) is 10.8 Å². The maximum absolute atomic E-state index is 9.05. The van der Waals surface area contributed by atoms with E-state index in [1.54, 1.807) is 11.3 Å². The largest absolute Gasteiger partial charge is 0.394 e. The summed E-state index contributed by atoms with van der Waals surface area (Å²) in [6.45, 7) is 3.12. The number of aromatic nitrogens is 2. The van der Waals surface area contributed by atoms with Crippen LogP contribution in [0.1, 0.15) is 22.2 Å². The molecule has 0 saturated carbocycles. The van der Waals surface area contributed by atoms with Crippen molar-refractivity contribution in [3.63, 3.8) is 0 Å². The van der Waals surface area contributed by atoms with Crippen molar-refractivity contribution in [1.29, 1.82) is 0 Å². The Hall–Kier alpha value is -1.17. The van der Waals surface area contributed by atoms with Crippen molar-refractivity contribution in [1.82, 2.24) is 9.78 Å². The van der Waals surface area contributed by atoms with E-state index in [1.165, 1.54) is 4.88 Å². The number of hydrogen-bond donors (Lipinski definition) is 2. The van der Waals surface area contributed by atoms with Crippen LogP contribution in [0.2, 0.25) is 0 Å². The van der Waals surface area contributed by atoms with E-state index in [0.29, 0.717) is 13.1 Å². The SMILES string of the molecule is Cc1cc(C(CN)c2cccs2)n(CCO)n1. The van der Waals surface area contributed by atoms with Gasteiger partial charge in [0.25, 0.3) is 0 Å². The topological polar surface area (TPSA) is 64.1 Å². The molecule has 4 nitrogen and oxygen atoms in total. The normalized spacial score (nSPS) is 12.9. The van der Waals surface area contributed by atoms with Gasteiger partial charge in [-0.05, 0) is 24.4 Å². The Balaban J connectivity index is 2.36. The molecule has 2 aromatic heterocycles. The predicted octanol–water partition coefficient (Wildman–Crippen LogP) is 1.34. The minimum atomic E-state index is 0.0931. The summed E-state index contributed by atoms with van der Waals surface area (Å²) >= 11 is 1.70. The molecule has 0 spiro atoms. The molecule has 0 bridgehead atoms. The second-order valence-corrected chi connectivity index (χ2v) is 4.94. The molecule has 0 aromatic carbocycles. The monoisotopic (exact) mass is 251 g/mol. The van der Waals surface area contributed by atoms with Crippen LogP contribution >= 0.6 is 11.3 Å². The summed E-state index contributed by atoms with van der Waals surface area (Å²) in [6, 6.07) is 6.17. The maximum atomic E-state index is 9.05. The van der Waals surface area contributed by atoms with Crippen molar-refractivity contribution >= 4 is 11.3 Å². The molecule has 0 saturated heterocycles. The fraction of sp³-hybridized carbons (Fsp3) is 0.417. The highest BCUT2D eigenvalue weighted by atomic mass is 32.1. The van der Waals surface area contributed by atoms with Gasteiger partial charge in [0.1, 0.15) is 0 Å². The summed E-state index contributed by atoms with van der Waals surface area (Å²) in [5.41, 5.74) is 7.92. The van der Waals surface area contributed by atoms with E-state index in [-0.39, 0.29) is 12.5 Å². The highest BCUT2D eigenvalue weighted by molar-refractivity contribution is 7.10. The first-order valence-corrected chi connectivity index (χ1v) is 6.53. The summed E-state index contributed by atoms with van der Waals surface area (Å²) in [6.07, 6.45) is 0. The Morgan fingerprint density at radius 3 is 3.00 bits per heavy atom. The van der Waals surface area contributed by atoms with Gasteiger partial charge in [-0.1, -0.05) is 6.07 Å². The molecule has 1 unspecified atom stereocenters. The summed E-state index contributed by atoms with van der Waals surface area (Å²) in [5.74, 6) is 0.169. The molecule has 0 aliphatic heterocycles. The van der Waals surface area contributed by atoms with E-state index < -0.39 is 0 Å². The van der Waals surface area contributed by atoms with Crippen molar-refractivity contribution in [2.45, 2.75) is 19.4 Å². The van der Waals surface area contributed by atoms with Crippen LogP contribution in [0.15, 0.2) is 23.6 Å². The van der Waals surface area contributed by atoms with E-state index in [2.05, 4.69) is 16.5 Å². The predicted molar refractivity (Wildman–Crippen MR) is 69.3 cm³/mol. The van der Waals surface area contributed by atoms with Crippen LogP contribution in [0.4, 0.5) is 0 Å². The zero-order valence-electron chi connectivity index (χ0n) is 9.84. The van der Waals surface area contributed by atoms with Gasteiger partial charge >= 0.3 is 0 Å². The second-order valence-electron chi connectivity index (χ2n) is 3.96. The molecule has 17 heavy (non-hydrogen) atoms. The fourth-order valence-corrected chi connectivity index (χ4v) is 2.84. The van der Waals surface area contributed by atoms with Crippen molar-refractivity contribution in [2.24, 2.45) is 5.73 Å². The lowest BCUT2D eigenvalue weighted by atomic mass is 10.0. The van der Waals surface area contributed by atoms with Crippen LogP contribution in [0.25, 0.3) is 0 Å². The van der Waals surface area contributed by atoms with Gasteiger partial charge in [-0.25, -0.2) is 0 Å². The van der Waals surface area contributed by atoms with Gasteiger partial charge in [-0.2, -0.15) is 5.10 Å². The minimum absolute atomic E-state index is 0.0931. The minimum Gasteiger partial charge on any atom is -0.394 e. The molecule has 2 heterocycles.